The van der Waals surface area contributed by atoms with E-state index in [4.69, 9.17) is 9.84 Å². The molecule has 0 unspecified atom stereocenters. The van der Waals surface area contributed by atoms with Gasteiger partial charge in [0.1, 0.15) is 5.75 Å². The van der Waals surface area contributed by atoms with Gasteiger partial charge in [-0.1, -0.05) is 18.9 Å². The first-order valence-electron chi connectivity index (χ1n) is 8.96. The molecular weight excluding hydrogens is 336 g/mol. The smallest absolute Gasteiger partial charge is 0.335 e. The van der Waals surface area contributed by atoms with Gasteiger partial charge >= 0.3 is 5.97 Å². The van der Waals surface area contributed by atoms with Crippen molar-refractivity contribution in [1.82, 2.24) is 10.2 Å². The van der Waals surface area contributed by atoms with Crippen LogP contribution in [0.2, 0.25) is 0 Å². The van der Waals surface area contributed by atoms with E-state index in [1.54, 1.807) is 11.0 Å². The fourth-order valence-electron chi connectivity index (χ4n) is 3.03. The summed E-state index contributed by atoms with van der Waals surface area (Å²) in [5.74, 6) is -0.662. The van der Waals surface area contributed by atoms with Crippen molar-refractivity contribution in [2.24, 2.45) is 0 Å². The highest BCUT2D eigenvalue weighted by atomic mass is 16.5. The lowest BCUT2D eigenvalue weighted by atomic mass is 10.1. The largest absolute Gasteiger partial charge is 0.496 e. The SMILES string of the molecule is COc1cc(C(=O)O)ccc1CCNC(=O)CN1CCCCCCC1=O. The van der Waals surface area contributed by atoms with Gasteiger partial charge in [-0.25, -0.2) is 4.79 Å². The second-order valence-corrected chi connectivity index (χ2v) is 6.41. The van der Waals surface area contributed by atoms with Crippen molar-refractivity contribution in [3.05, 3.63) is 29.3 Å². The van der Waals surface area contributed by atoms with Crippen LogP contribution in [0.1, 0.15) is 48.0 Å². The molecule has 1 aliphatic heterocycles. The quantitative estimate of drug-likeness (QED) is 0.772. The number of rotatable bonds is 7. The molecule has 7 heteroatoms. The van der Waals surface area contributed by atoms with Crippen molar-refractivity contribution >= 4 is 17.8 Å². The summed E-state index contributed by atoms with van der Waals surface area (Å²) in [6, 6.07) is 4.68. The number of carboxylic acids is 1. The highest BCUT2D eigenvalue weighted by molar-refractivity contribution is 5.88. The average molecular weight is 362 g/mol. The number of carbonyl (C=O) groups is 3. The monoisotopic (exact) mass is 362 g/mol. The number of likely N-dealkylation sites (tertiary alicyclic amines) is 1. The van der Waals surface area contributed by atoms with E-state index >= 15 is 0 Å². The van der Waals surface area contributed by atoms with Crippen LogP contribution < -0.4 is 10.1 Å². The molecule has 2 rings (SSSR count). The number of carboxylic acid groups (broad SMARTS) is 1. The molecule has 2 amide bonds. The molecule has 0 aliphatic carbocycles. The van der Waals surface area contributed by atoms with Gasteiger partial charge in [0.15, 0.2) is 0 Å². The third-order valence-corrected chi connectivity index (χ3v) is 4.51. The van der Waals surface area contributed by atoms with Crippen LogP contribution in [0.15, 0.2) is 18.2 Å². The topological polar surface area (TPSA) is 95.9 Å². The first-order valence-corrected chi connectivity index (χ1v) is 8.96. The number of nitrogens with one attached hydrogen (secondary N) is 1. The van der Waals surface area contributed by atoms with Crippen LogP contribution in [-0.2, 0) is 16.0 Å². The zero-order valence-corrected chi connectivity index (χ0v) is 15.1. The summed E-state index contributed by atoms with van der Waals surface area (Å²) >= 11 is 0. The molecule has 0 radical (unpaired) electrons. The summed E-state index contributed by atoms with van der Waals surface area (Å²) in [6.07, 6.45) is 5.03. The molecule has 1 aliphatic rings. The van der Waals surface area contributed by atoms with Crippen molar-refractivity contribution in [1.29, 1.82) is 0 Å². The fourth-order valence-corrected chi connectivity index (χ4v) is 3.03. The summed E-state index contributed by atoms with van der Waals surface area (Å²) in [6.45, 7) is 1.12. The van der Waals surface area contributed by atoms with Gasteiger partial charge in [-0.15, -0.1) is 0 Å². The minimum atomic E-state index is -1.01. The minimum Gasteiger partial charge on any atom is -0.496 e. The van der Waals surface area contributed by atoms with Crippen LogP contribution in [-0.4, -0.2) is 54.5 Å². The molecule has 0 aromatic heterocycles. The summed E-state index contributed by atoms with van der Waals surface area (Å²) in [5.41, 5.74) is 0.977. The third-order valence-electron chi connectivity index (χ3n) is 4.51. The highest BCUT2D eigenvalue weighted by Crippen LogP contribution is 2.20. The highest BCUT2D eigenvalue weighted by Gasteiger charge is 2.18. The van der Waals surface area contributed by atoms with Gasteiger partial charge in [-0.3, -0.25) is 9.59 Å². The molecule has 0 saturated carbocycles. The zero-order chi connectivity index (χ0) is 18.9. The van der Waals surface area contributed by atoms with Crippen LogP contribution >= 0.6 is 0 Å². The van der Waals surface area contributed by atoms with Crippen molar-refractivity contribution < 1.29 is 24.2 Å². The minimum absolute atomic E-state index is 0.0470. The van der Waals surface area contributed by atoms with Gasteiger partial charge in [0.05, 0.1) is 19.2 Å². The van der Waals surface area contributed by atoms with E-state index in [9.17, 15) is 14.4 Å². The number of ether oxygens (including phenoxy) is 1. The Morgan fingerprint density at radius 1 is 1.23 bits per heavy atom. The molecule has 0 spiro atoms. The van der Waals surface area contributed by atoms with E-state index in [0.717, 1.165) is 31.2 Å². The molecule has 1 saturated heterocycles. The number of hydrogen-bond donors (Lipinski definition) is 2. The summed E-state index contributed by atoms with van der Waals surface area (Å²) in [4.78, 5) is 36.8. The maximum Gasteiger partial charge on any atom is 0.335 e. The van der Waals surface area contributed by atoms with Crippen molar-refractivity contribution in [3.8, 4) is 5.75 Å². The molecule has 1 heterocycles. The van der Waals surface area contributed by atoms with Crippen LogP contribution in [0.4, 0.5) is 0 Å². The summed E-state index contributed by atoms with van der Waals surface area (Å²) in [7, 11) is 1.48. The van der Waals surface area contributed by atoms with E-state index in [2.05, 4.69) is 5.32 Å². The van der Waals surface area contributed by atoms with Crippen LogP contribution in [0.5, 0.6) is 5.75 Å². The van der Waals surface area contributed by atoms with Gasteiger partial charge in [-0.2, -0.15) is 0 Å². The van der Waals surface area contributed by atoms with E-state index in [-0.39, 0.29) is 23.9 Å². The van der Waals surface area contributed by atoms with Gasteiger partial charge in [0.25, 0.3) is 0 Å². The van der Waals surface area contributed by atoms with Crippen molar-refractivity contribution in [3.63, 3.8) is 0 Å². The number of aromatic carboxylic acids is 1. The lowest BCUT2D eigenvalue weighted by Gasteiger charge is -2.24. The summed E-state index contributed by atoms with van der Waals surface area (Å²) < 4.78 is 5.23. The number of benzene rings is 1. The maximum absolute atomic E-state index is 12.1. The van der Waals surface area contributed by atoms with Crippen molar-refractivity contribution in [2.45, 2.75) is 38.5 Å². The molecule has 1 fully saturated rings. The number of hydrogen-bond acceptors (Lipinski definition) is 4. The molecule has 0 atom stereocenters. The Labute approximate surface area is 153 Å². The molecule has 1 aromatic rings. The third kappa shape index (κ3) is 5.75. The van der Waals surface area contributed by atoms with Gasteiger partial charge in [0.2, 0.25) is 11.8 Å². The van der Waals surface area contributed by atoms with E-state index < -0.39 is 5.97 Å². The Morgan fingerprint density at radius 3 is 2.73 bits per heavy atom. The molecule has 1 aromatic carbocycles. The molecule has 2 N–H and O–H groups in total. The Kier molecular flexibility index (Phi) is 7.44. The zero-order valence-electron chi connectivity index (χ0n) is 15.1. The number of carbonyl (C=O) groups excluding carboxylic acids is 2. The number of nitrogens with zero attached hydrogens (tertiary/aromatic N) is 1. The van der Waals surface area contributed by atoms with Gasteiger partial charge in [0, 0.05) is 19.5 Å². The Bertz CT molecular complexity index is 659. The van der Waals surface area contributed by atoms with Crippen LogP contribution in [0, 0.1) is 0 Å². The average Bonchev–Trinajstić information content (AvgIpc) is 2.61. The first-order chi connectivity index (χ1) is 12.5. The Balaban J connectivity index is 1.84. The molecule has 142 valence electrons. The van der Waals surface area contributed by atoms with E-state index in [1.807, 2.05) is 0 Å². The lowest BCUT2D eigenvalue weighted by molar-refractivity contribution is -0.136. The standard InChI is InChI=1S/C19H26N2O5/c1-26-16-12-15(19(24)25)8-7-14(16)9-10-20-17(22)13-21-11-5-3-2-4-6-18(21)23/h7-8,12H,2-6,9-11,13H2,1H3,(H,20,22)(H,24,25). The lowest BCUT2D eigenvalue weighted by Crippen LogP contribution is -2.42. The Hall–Kier alpha value is -2.57. The molecule has 26 heavy (non-hydrogen) atoms. The van der Waals surface area contributed by atoms with E-state index in [1.165, 1.54) is 19.2 Å². The normalized spacial score (nSPS) is 15.1. The van der Waals surface area contributed by atoms with Crippen LogP contribution in [0.3, 0.4) is 0 Å². The first kappa shape index (κ1) is 19.8. The van der Waals surface area contributed by atoms with Crippen molar-refractivity contribution in [2.75, 3.05) is 26.7 Å². The second kappa shape index (κ2) is 9.79. The van der Waals surface area contributed by atoms with Gasteiger partial charge in [-0.05, 0) is 37.0 Å². The van der Waals surface area contributed by atoms with Gasteiger partial charge < -0.3 is 20.1 Å². The Morgan fingerprint density at radius 2 is 2.00 bits per heavy atom. The summed E-state index contributed by atoms with van der Waals surface area (Å²) in [5, 5.41) is 11.8. The van der Waals surface area contributed by atoms with Crippen LogP contribution in [0.25, 0.3) is 0 Å². The fraction of sp³-hybridized carbons (Fsp3) is 0.526. The predicted molar refractivity (Wildman–Crippen MR) is 96.3 cm³/mol. The van der Waals surface area contributed by atoms with E-state index in [0.29, 0.717) is 31.7 Å². The molecule has 7 nitrogen and oxygen atoms in total. The molecular formula is C19H26N2O5. The maximum atomic E-state index is 12.1. The molecule has 0 bridgehead atoms. The second-order valence-electron chi connectivity index (χ2n) is 6.41. The number of amides is 2. The predicted octanol–water partition coefficient (Wildman–Crippen LogP) is 1.84. The number of methoxy groups -OCH3 is 1.